The number of thiazole rings is 1. The second kappa shape index (κ2) is 8.08. The van der Waals surface area contributed by atoms with Gasteiger partial charge in [-0.25, -0.2) is 9.37 Å². The maximum absolute atomic E-state index is 13.0. The predicted molar refractivity (Wildman–Crippen MR) is 115 cm³/mol. The number of hydrogen-bond donors (Lipinski definition) is 1. The third-order valence-electron chi connectivity index (χ3n) is 4.92. The summed E-state index contributed by atoms with van der Waals surface area (Å²) in [5, 5.41) is 3.72. The average molecular weight is 433 g/mol. The third-order valence-corrected chi connectivity index (χ3v) is 7.14. The lowest BCUT2D eigenvalue weighted by molar-refractivity contribution is -0.129. The van der Waals surface area contributed by atoms with Crippen LogP contribution in [-0.2, 0) is 4.79 Å². The molecular weight excluding hydrogens is 411 g/mol. The Hall–Kier alpha value is -2.52. The predicted octanol–water partition coefficient (Wildman–Crippen LogP) is 4.05. The summed E-state index contributed by atoms with van der Waals surface area (Å²) in [6.07, 6.45) is 1.55. The van der Waals surface area contributed by atoms with Crippen molar-refractivity contribution in [3.05, 3.63) is 41.0 Å². The monoisotopic (exact) mass is 432 g/mol. The number of anilines is 2. The summed E-state index contributed by atoms with van der Waals surface area (Å²) >= 11 is 2.92. The van der Waals surface area contributed by atoms with E-state index in [0.29, 0.717) is 22.9 Å². The van der Waals surface area contributed by atoms with Gasteiger partial charge < -0.3 is 15.1 Å². The minimum absolute atomic E-state index is 0.161. The maximum atomic E-state index is 13.0. The lowest BCUT2D eigenvalue weighted by atomic mass is 10.0. The van der Waals surface area contributed by atoms with Crippen LogP contribution in [0.25, 0.3) is 9.53 Å². The topological polar surface area (TPSA) is 65.5 Å². The molecule has 1 saturated heterocycles. The second-order valence-corrected chi connectivity index (χ2v) is 9.37. The number of carbonyl (C=O) groups is 2. The average Bonchev–Trinajstić information content (AvgIpc) is 3.37. The number of halogens is 1. The smallest absolute Gasteiger partial charge is 0.265 e. The van der Waals surface area contributed by atoms with Crippen LogP contribution in [-0.4, -0.2) is 48.9 Å². The number of benzene rings is 1. The number of thiophene rings is 1. The number of amides is 2. The second-order valence-electron chi connectivity index (χ2n) is 7.33. The van der Waals surface area contributed by atoms with Crippen molar-refractivity contribution in [1.82, 2.24) is 9.88 Å². The standard InChI is InChI=1S/C20H21FN4O2S2/c1-24(2)17(26)9-12-7-8-25(11-12)20-23-19-16(29-20)10-15(28-19)18(27)22-14-5-3-13(21)4-6-14/h3-6,10,12H,7-9,11H2,1-2H3,(H,22,27). The lowest BCUT2D eigenvalue weighted by Crippen LogP contribution is -2.26. The molecule has 1 aliphatic heterocycles. The van der Waals surface area contributed by atoms with E-state index in [4.69, 9.17) is 4.98 Å². The van der Waals surface area contributed by atoms with Gasteiger partial charge in [0, 0.05) is 39.3 Å². The highest BCUT2D eigenvalue weighted by Gasteiger charge is 2.27. The van der Waals surface area contributed by atoms with Crippen molar-refractivity contribution >= 4 is 54.8 Å². The molecule has 1 fully saturated rings. The molecule has 1 aromatic carbocycles. The van der Waals surface area contributed by atoms with Gasteiger partial charge in [0.1, 0.15) is 10.6 Å². The molecule has 3 aromatic rings. The molecular formula is C20H21FN4O2S2. The van der Waals surface area contributed by atoms with Gasteiger partial charge in [0.25, 0.3) is 5.91 Å². The van der Waals surface area contributed by atoms with E-state index >= 15 is 0 Å². The first-order chi connectivity index (χ1) is 13.9. The zero-order valence-corrected chi connectivity index (χ0v) is 17.8. The highest BCUT2D eigenvalue weighted by Crippen LogP contribution is 2.37. The number of aromatic nitrogens is 1. The molecule has 1 aliphatic rings. The normalized spacial score (nSPS) is 16.4. The molecule has 29 heavy (non-hydrogen) atoms. The number of nitrogens with zero attached hydrogens (tertiary/aromatic N) is 3. The van der Waals surface area contributed by atoms with Gasteiger partial charge in [-0.15, -0.1) is 11.3 Å². The molecule has 4 rings (SSSR count). The Balaban J connectivity index is 1.41. The van der Waals surface area contributed by atoms with Crippen LogP contribution in [0.5, 0.6) is 0 Å². The van der Waals surface area contributed by atoms with Gasteiger partial charge >= 0.3 is 0 Å². The molecule has 1 unspecified atom stereocenters. The van der Waals surface area contributed by atoms with Gasteiger partial charge in [-0.05, 0) is 42.7 Å². The van der Waals surface area contributed by atoms with E-state index in [9.17, 15) is 14.0 Å². The first-order valence-electron chi connectivity index (χ1n) is 9.31. The lowest BCUT2D eigenvalue weighted by Gasteiger charge is -2.16. The largest absolute Gasteiger partial charge is 0.349 e. The van der Waals surface area contributed by atoms with E-state index in [0.717, 1.165) is 34.2 Å². The zero-order valence-electron chi connectivity index (χ0n) is 16.1. The quantitative estimate of drug-likeness (QED) is 0.661. The van der Waals surface area contributed by atoms with Crippen molar-refractivity contribution in [1.29, 1.82) is 0 Å². The molecule has 9 heteroatoms. The van der Waals surface area contributed by atoms with E-state index < -0.39 is 0 Å². The third kappa shape index (κ3) is 4.40. The molecule has 6 nitrogen and oxygen atoms in total. The van der Waals surface area contributed by atoms with Gasteiger partial charge in [-0.1, -0.05) is 11.3 Å². The Bertz CT molecular complexity index is 1010. The van der Waals surface area contributed by atoms with Crippen molar-refractivity contribution < 1.29 is 14.0 Å². The highest BCUT2D eigenvalue weighted by atomic mass is 32.1. The summed E-state index contributed by atoms with van der Waals surface area (Å²) < 4.78 is 14.0. The highest BCUT2D eigenvalue weighted by molar-refractivity contribution is 7.29. The minimum atomic E-state index is -0.341. The Morgan fingerprint density at radius 2 is 2.03 bits per heavy atom. The zero-order chi connectivity index (χ0) is 20.5. The van der Waals surface area contributed by atoms with Crippen LogP contribution < -0.4 is 10.2 Å². The molecule has 2 aromatic heterocycles. The van der Waals surface area contributed by atoms with Crippen molar-refractivity contribution in [3.8, 4) is 0 Å². The van der Waals surface area contributed by atoms with Crippen LogP contribution in [0.15, 0.2) is 30.3 Å². The molecule has 0 saturated carbocycles. The van der Waals surface area contributed by atoms with Crippen LogP contribution in [0, 0.1) is 11.7 Å². The van der Waals surface area contributed by atoms with Gasteiger partial charge in [-0.3, -0.25) is 9.59 Å². The fourth-order valence-corrected chi connectivity index (χ4v) is 5.44. The van der Waals surface area contributed by atoms with E-state index in [2.05, 4.69) is 10.2 Å². The molecule has 0 radical (unpaired) electrons. The number of nitrogens with one attached hydrogen (secondary N) is 1. The molecule has 0 bridgehead atoms. The van der Waals surface area contributed by atoms with Crippen LogP contribution in [0.2, 0.25) is 0 Å². The van der Waals surface area contributed by atoms with E-state index in [1.807, 2.05) is 6.07 Å². The van der Waals surface area contributed by atoms with Gasteiger partial charge in [-0.2, -0.15) is 0 Å². The van der Waals surface area contributed by atoms with Crippen LogP contribution in [0.3, 0.4) is 0 Å². The van der Waals surface area contributed by atoms with E-state index in [1.54, 1.807) is 30.3 Å². The minimum Gasteiger partial charge on any atom is -0.349 e. The van der Waals surface area contributed by atoms with Crippen LogP contribution >= 0.6 is 22.7 Å². The Labute approximate surface area is 176 Å². The Morgan fingerprint density at radius 3 is 2.72 bits per heavy atom. The van der Waals surface area contributed by atoms with Crippen LogP contribution in [0.1, 0.15) is 22.5 Å². The van der Waals surface area contributed by atoms with Gasteiger partial charge in [0.05, 0.1) is 9.58 Å². The van der Waals surface area contributed by atoms with Gasteiger partial charge in [0.15, 0.2) is 5.13 Å². The molecule has 3 heterocycles. The van der Waals surface area contributed by atoms with Gasteiger partial charge in [0.2, 0.25) is 5.91 Å². The Morgan fingerprint density at radius 1 is 1.28 bits per heavy atom. The molecule has 152 valence electrons. The number of hydrogen-bond acceptors (Lipinski definition) is 6. The van der Waals surface area contributed by atoms with E-state index in [-0.39, 0.29) is 17.6 Å². The Kier molecular flexibility index (Phi) is 5.51. The fourth-order valence-electron chi connectivity index (χ4n) is 3.30. The summed E-state index contributed by atoms with van der Waals surface area (Å²) in [4.78, 5) is 34.4. The molecule has 0 aliphatic carbocycles. The van der Waals surface area contributed by atoms with Crippen molar-refractivity contribution in [3.63, 3.8) is 0 Å². The number of rotatable bonds is 5. The fraction of sp³-hybridized carbons (Fsp3) is 0.350. The molecule has 2 amide bonds. The molecule has 1 atom stereocenters. The number of carbonyl (C=O) groups excluding carboxylic acids is 2. The summed E-state index contributed by atoms with van der Waals surface area (Å²) in [7, 11) is 3.57. The van der Waals surface area contributed by atoms with Crippen molar-refractivity contribution in [2.45, 2.75) is 12.8 Å². The van der Waals surface area contributed by atoms with Crippen molar-refractivity contribution in [2.75, 3.05) is 37.4 Å². The number of fused-ring (bicyclic) bond motifs is 1. The SMILES string of the molecule is CN(C)C(=O)CC1CCN(c2nc3sc(C(=O)Nc4ccc(F)cc4)cc3s2)C1. The summed E-state index contributed by atoms with van der Waals surface area (Å²) in [5.41, 5.74) is 0.553. The van der Waals surface area contributed by atoms with Crippen molar-refractivity contribution in [2.24, 2.45) is 5.92 Å². The van der Waals surface area contributed by atoms with E-state index in [1.165, 1.54) is 35.6 Å². The summed E-state index contributed by atoms with van der Waals surface area (Å²) in [5.74, 6) is -0.0546. The molecule has 1 N–H and O–H groups in total. The first kappa shape index (κ1) is 19.8. The summed E-state index contributed by atoms with van der Waals surface area (Å²) in [6.45, 7) is 1.72. The maximum Gasteiger partial charge on any atom is 0.265 e. The molecule has 0 spiro atoms. The first-order valence-corrected chi connectivity index (χ1v) is 10.9. The summed E-state index contributed by atoms with van der Waals surface area (Å²) in [6, 6.07) is 7.54. The van der Waals surface area contributed by atoms with Crippen LogP contribution in [0.4, 0.5) is 15.2 Å².